The summed E-state index contributed by atoms with van der Waals surface area (Å²) in [7, 11) is 6.87. The van der Waals surface area contributed by atoms with Crippen molar-refractivity contribution in [3.8, 4) is 113 Å². The molecule has 0 amide bonds. The number of nitrogens with zero attached hydrogens (tertiary/aromatic N) is 4. The maximum Gasteiger partial charge on any atom is 2.00 e. The van der Waals surface area contributed by atoms with Gasteiger partial charge in [-0.15, -0.1) is 22.1 Å². The van der Waals surface area contributed by atoms with Crippen LogP contribution in [0.25, 0.3) is 176 Å². The third kappa shape index (κ3) is 9.37. The van der Waals surface area contributed by atoms with Gasteiger partial charge in [0.25, 0.3) is 0 Å². The number of hydrogen-bond donors (Lipinski definition) is 0. The number of methoxy groups -OCH3 is 4. The molecule has 0 unspecified atom stereocenters. The maximum absolute atomic E-state index is 6.26. The van der Waals surface area contributed by atoms with Crippen molar-refractivity contribution < 1.29 is 40.0 Å². The van der Waals surface area contributed by atoms with E-state index in [9.17, 15) is 0 Å². The first kappa shape index (κ1) is 57.4. The standard InChI is InChI=1S/C84H60N4O4.Pt/c1-45-25-46(2)27-57(26-45)73-77-65-36-49-17-9-11-19-51(49)38-67(65)79(85-77)74(58-28-47(3)30-61(32-58)89-5)81-69-40-53-21-13-15-23-55(53)42-71(69)83(87-81)76(60-34-63(91-7)44-64(35-60)92-8)84-72-43-56-24-16-14-22-54(56)41-70(72)82(88-84)75(59-29-48(4)31-62(33-59)90-6)80-68-39-52-20-12-10-18-50(52)37-66(68)78(73)86-80;/h9-44H,1-8H3;/q-2;+2. The van der Waals surface area contributed by atoms with Crippen LogP contribution in [0.2, 0.25) is 0 Å². The molecule has 93 heavy (non-hydrogen) atoms. The molecule has 14 aromatic rings. The Morgan fingerprint density at radius 3 is 0.753 bits per heavy atom. The van der Waals surface area contributed by atoms with Crippen molar-refractivity contribution in [1.82, 2.24) is 19.9 Å². The molecule has 2 aliphatic heterocycles. The van der Waals surface area contributed by atoms with Gasteiger partial charge in [0.15, 0.2) is 0 Å². The number of aromatic nitrogens is 4. The molecule has 0 N–H and O–H groups in total. The Morgan fingerprint density at radius 1 is 0.258 bits per heavy atom. The molecule has 1 aliphatic carbocycles. The molecular formula is C84H60N4O4Pt. The van der Waals surface area contributed by atoms with E-state index in [1.54, 1.807) is 28.4 Å². The Hall–Kier alpha value is -10.8. The summed E-state index contributed by atoms with van der Waals surface area (Å²) >= 11 is 0. The van der Waals surface area contributed by atoms with E-state index in [1.165, 1.54) is 0 Å². The number of ether oxygens (including phenoxy) is 4. The molecule has 9 heteroatoms. The normalized spacial score (nSPS) is 11.8. The van der Waals surface area contributed by atoms with E-state index >= 15 is 0 Å². The van der Waals surface area contributed by atoms with E-state index in [0.29, 0.717) is 11.5 Å². The summed E-state index contributed by atoms with van der Waals surface area (Å²) in [4.78, 5) is 25.0. The second-order valence-corrected chi connectivity index (χ2v) is 24.7. The minimum Gasteiger partial charge on any atom is -0.656 e. The molecule has 2 aromatic heterocycles. The Labute approximate surface area is 552 Å². The van der Waals surface area contributed by atoms with Crippen LogP contribution in [-0.2, 0) is 21.1 Å². The number of benzene rings is 12. The number of hydrogen-bond acceptors (Lipinski definition) is 6. The van der Waals surface area contributed by atoms with E-state index in [1.807, 2.05) is 6.07 Å². The van der Waals surface area contributed by atoms with Crippen molar-refractivity contribution in [2.75, 3.05) is 28.4 Å². The average molecular weight is 1380 g/mol. The first-order chi connectivity index (χ1) is 45.0. The third-order valence-electron chi connectivity index (χ3n) is 18.7. The van der Waals surface area contributed by atoms with Gasteiger partial charge >= 0.3 is 21.1 Å². The summed E-state index contributed by atoms with van der Waals surface area (Å²) in [6.45, 7) is 8.61. The average Bonchev–Trinajstić information content (AvgIpc) is 1.56. The van der Waals surface area contributed by atoms with Crippen molar-refractivity contribution in [2.24, 2.45) is 0 Å². The van der Waals surface area contributed by atoms with Crippen LogP contribution in [0.4, 0.5) is 0 Å². The summed E-state index contributed by atoms with van der Waals surface area (Å²) < 4.78 is 24.9. The molecule has 3 aliphatic rings. The molecule has 0 radical (unpaired) electrons. The SMILES string of the molecule is COc1cc(C)cc(-c2c3nc(c(-c4cc(OC)cc(OC)c4)c4[n-]c(c(-c5cc(C)cc(OC)c5)c5nc(c(-c6cc(C)cc(C)c6)c6[n-]c2c2cc7ccccc7cc62)-c2cc6ccccc6cc2-5)c2cc5ccccc5cc42)-c2cc4ccccc4cc2-3)c1.[Pt+2]. The molecule has 4 heterocycles. The van der Waals surface area contributed by atoms with E-state index in [-0.39, 0.29) is 21.1 Å². The van der Waals surface area contributed by atoms with Crippen LogP contribution in [0.1, 0.15) is 22.3 Å². The van der Waals surface area contributed by atoms with Gasteiger partial charge < -0.3 is 28.9 Å². The third-order valence-corrected chi connectivity index (χ3v) is 18.7. The van der Waals surface area contributed by atoms with Gasteiger partial charge in [-0.3, -0.25) is 0 Å². The molecule has 8 bridgehead atoms. The first-order valence-corrected chi connectivity index (χ1v) is 31.1. The monoisotopic (exact) mass is 1380 g/mol. The quantitative estimate of drug-likeness (QED) is 0.149. The minimum absolute atomic E-state index is 0. The fraction of sp³-hybridized carbons (Fsp3) is 0.0952. The Balaban J connectivity index is 0.00000686. The second kappa shape index (κ2) is 22.3. The van der Waals surface area contributed by atoms with Crippen molar-refractivity contribution in [3.05, 3.63) is 241 Å². The van der Waals surface area contributed by atoms with Gasteiger partial charge in [0.05, 0.1) is 51.2 Å². The summed E-state index contributed by atoms with van der Waals surface area (Å²) in [5.41, 5.74) is 21.3. The fourth-order valence-electron chi connectivity index (χ4n) is 14.6. The molecule has 450 valence electrons. The fourth-order valence-corrected chi connectivity index (χ4v) is 14.6. The molecule has 0 saturated carbocycles. The van der Waals surface area contributed by atoms with Gasteiger partial charge in [-0.05, 0) is 233 Å². The molecular weight excluding hydrogens is 1320 g/mol. The smallest absolute Gasteiger partial charge is 0.656 e. The van der Waals surface area contributed by atoms with Crippen molar-refractivity contribution in [3.63, 3.8) is 0 Å². The molecule has 0 atom stereocenters. The van der Waals surface area contributed by atoms with Crippen LogP contribution >= 0.6 is 0 Å². The predicted octanol–water partition coefficient (Wildman–Crippen LogP) is 21.1. The number of fused-ring (bicyclic) bond motifs is 4. The van der Waals surface area contributed by atoms with E-state index in [4.69, 9.17) is 38.9 Å². The van der Waals surface area contributed by atoms with Crippen molar-refractivity contribution >= 4 is 86.7 Å². The topological polar surface area (TPSA) is 90.9 Å². The van der Waals surface area contributed by atoms with Gasteiger partial charge in [0.1, 0.15) is 23.0 Å². The zero-order valence-electron chi connectivity index (χ0n) is 52.5. The Kier molecular flexibility index (Phi) is 13.7. The first-order valence-electron chi connectivity index (χ1n) is 31.1. The molecule has 0 spiro atoms. The largest absolute Gasteiger partial charge is 2.00 e. The zero-order chi connectivity index (χ0) is 62.2. The van der Waals surface area contributed by atoms with Crippen molar-refractivity contribution in [2.45, 2.75) is 27.7 Å². The zero-order valence-corrected chi connectivity index (χ0v) is 54.8. The minimum atomic E-state index is 0. The summed E-state index contributed by atoms with van der Waals surface area (Å²) in [6, 6.07) is 78.9. The van der Waals surface area contributed by atoms with Crippen LogP contribution in [0.15, 0.2) is 218 Å². The molecule has 0 fully saturated rings. The molecule has 17 rings (SSSR count). The van der Waals surface area contributed by atoms with Gasteiger partial charge in [-0.25, -0.2) is 9.97 Å². The van der Waals surface area contributed by atoms with E-state index < -0.39 is 0 Å². The van der Waals surface area contributed by atoms with Gasteiger partial charge in [-0.2, -0.15) is 0 Å². The van der Waals surface area contributed by atoms with E-state index in [2.05, 4.69) is 240 Å². The van der Waals surface area contributed by atoms with Crippen molar-refractivity contribution in [1.29, 1.82) is 0 Å². The predicted molar refractivity (Wildman–Crippen MR) is 380 cm³/mol. The molecule has 0 saturated heterocycles. The van der Waals surface area contributed by atoms with Gasteiger partial charge in [0.2, 0.25) is 0 Å². The molecule has 12 aromatic carbocycles. The van der Waals surface area contributed by atoms with Crippen LogP contribution in [0.3, 0.4) is 0 Å². The van der Waals surface area contributed by atoms with Crippen LogP contribution in [0, 0.1) is 27.7 Å². The van der Waals surface area contributed by atoms with Gasteiger partial charge in [0, 0.05) is 28.3 Å². The summed E-state index contributed by atoms with van der Waals surface area (Å²) in [6.07, 6.45) is 0. The summed E-state index contributed by atoms with van der Waals surface area (Å²) in [5.74, 6) is 2.68. The van der Waals surface area contributed by atoms with Crippen LogP contribution < -0.4 is 28.9 Å². The maximum atomic E-state index is 6.26. The summed E-state index contributed by atoms with van der Waals surface area (Å²) in [5, 5.41) is 12.5. The Bertz CT molecular complexity index is 5800. The Morgan fingerprint density at radius 2 is 0.484 bits per heavy atom. The van der Waals surface area contributed by atoms with Crippen LogP contribution in [-0.4, -0.2) is 38.4 Å². The second-order valence-electron chi connectivity index (χ2n) is 24.7. The van der Waals surface area contributed by atoms with Crippen LogP contribution in [0.5, 0.6) is 23.0 Å². The molecule has 8 nitrogen and oxygen atoms in total. The number of rotatable bonds is 8. The van der Waals surface area contributed by atoms with E-state index in [0.717, 1.165) is 210 Å². The number of aryl methyl sites for hydroxylation is 4. The van der Waals surface area contributed by atoms with Gasteiger partial charge in [-0.1, -0.05) is 139 Å².